The molecule has 5 nitrogen and oxygen atoms in total. The van der Waals surface area contributed by atoms with E-state index in [2.05, 4.69) is 37.7 Å². The van der Waals surface area contributed by atoms with E-state index in [0.717, 1.165) is 0 Å². The zero-order chi connectivity index (χ0) is 15.5. The van der Waals surface area contributed by atoms with Gasteiger partial charge in [-0.25, -0.2) is 9.78 Å². The van der Waals surface area contributed by atoms with Crippen molar-refractivity contribution in [3.05, 3.63) is 0 Å². The maximum atomic E-state index is 8.42. The summed E-state index contributed by atoms with van der Waals surface area (Å²) >= 11 is 4.03. The minimum absolute atomic E-state index is 1.25. The van der Waals surface area contributed by atoms with E-state index in [9.17, 15) is 0 Å². The second-order valence-corrected chi connectivity index (χ2v) is 12.3. The molecule has 0 bridgehead atoms. The van der Waals surface area contributed by atoms with E-state index in [1.54, 1.807) is 19.7 Å². The average Bonchev–Trinajstić information content (AvgIpc) is 2.43. The van der Waals surface area contributed by atoms with Crippen molar-refractivity contribution in [3.8, 4) is 0 Å². The third-order valence-corrected chi connectivity index (χ3v) is 11.1. The van der Waals surface area contributed by atoms with Crippen molar-refractivity contribution in [2.75, 3.05) is 20.0 Å². The molecular weight excluding hydrogens is 399 g/mol. The van der Waals surface area contributed by atoms with Crippen LogP contribution in [0.15, 0.2) is 0 Å². The standard InChI is InChI=1S/C6H14S6.C2H7O5P/c1-2-3-4-5-6-8-10-12-11-9-7;1-4-6-8(3)7-5-2/h7H,2-6H2,1H3;3H,1-2H3. The molecule has 0 aromatic heterocycles. The van der Waals surface area contributed by atoms with E-state index in [4.69, 9.17) is 4.89 Å². The van der Waals surface area contributed by atoms with Crippen LogP contribution in [-0.2, 0) is 19.1 Å². The van der Waals surface area contributed by atoms with Gasteiger partial charge in [0.15, 0.2) is 0 Å². The van der Waals surface area contributed by atoms with Gasteiger partial charge in [0.25, 0.3) is 0 Å². The van der Waals surface area contributed by atoms with Gasteiger partial charge in [0.05, 0.1) is 14.2 Å². The van der Waals surface area contributed by atoms with E-state index >= 15 is 0 Å². The lowest BCUT2D eigenvalue weighted by Gasteiger charge is -2.02. The fraction of sp³-hybridized carbons (Fsp3) is 1.00. The first-order valence-corrected chi connectivity index (χ1v) is 14.1. The van der Waals surface area contributed by atoms with Crippen LogP contribution in [0.5, 0.6) is 0 Å². The third kappa shape index (κ3) is 25.3. The molecule has 0 saturated heterocycles. The van der Waals surface area contributed by atoms with Crippen molar-refractivity contribution in [1.82, 2.24) is 0 Å². The van der Waals surface area contributed by atoms with Gasteiger partial charge in [-0.15, -0.1) is 0 Å². The Labute approximate surface area is 146 Å². The first-order chi connectivity index (χ1) is 9.72. The van der Waals surface area contributed by atoms with E-state index in [0.29, 0.717) is 0 Å². The topological polar surface area (TPSA) is 57.2 Å². The van der Waals surface area contributed by atoms with Crippen molar-refractivity contribution in [2.45, 2.75) is 32.6 Å². The molecule has 0 heterocycles. The van der Waals surface area contributed by atoms with E-state index < -0.39 is 8.60 Å². The summed E-state index contributed by atoms with van der Waals surface area (Å²) in [6.45, 7) is 2.25. The van der Waals surface area contributed by atoms with Crippen molar-refractivity contribution >= 4 is 70.4 Å². The Morgan fingerprint density at radius 2 is 1.65 bits per heavy atom. The maximum absolute atomic E-state index is 8.42. The van der Waals surface area contributed by atoms with Crippen molar-refractivity contribution in [2.24, 2.45) is 0 Å². The molecule has 0 spiro atoms. The summed E-state index contributed by atoms with van der Waals surface area (Å²) < 4.78 is 8.11. The molecule has 12 heteroatoms. The third-order valence-electron chi connectivity index (χ3n) is 1.49. The highest BCUT2D eigenvalue weighted by Gasteiger charge is 2.04. The first-order valence-electron chi connectivity index (χ1n) is 5.56. The summed E-state index contributed by atoms with van der Waals surface area (Å²) in [5.74, 6) is 1.29. The number of hydrogen-bond acceptors (Lipinski definition) is 11. The molecule has 0 rings (SSSR count). The summed E-state index contributed by atoms with van der Waals surface area (Å²) in [4.78, 5) is 16.5. The molecule has 0 amide bonds. The molecule has 0 aliphatic heterocycles. The van der Waals surface area contributed by atoms with Gasteiger partial charge < -0.3 is 4.89 Å². The summed E-state index contributed by atoms with van der Waals surface area (Å²) in [7, 11) is 9.33. The van der Waals surface area contributed by atoms with Crippen molar-refractivity contribution in [3.63, 3.8) is 0 Å². The molecule has 0 aliphatic rings. The lowest BCUT2D eigenvalue weighted by Crippen LogP contribution is -1.86. The Morgan fingerprint density at radius 3 is 2.15 bits per heavy atom. The van der Waals surface area contributed by atoms with Crippen LogP contribution in [0.3, 0.4) is 0 Å². The lowest BCUT2D eigenvalue weighted by atomic mass is 10.2. The van der Waals surface area contributed by atoms with Gasteiger partial charge in [0.1, 0.15) is 0 Å². The Kier molecular flexibility index (Phi) is 29.0. The van der Waals surface area contributed by atoms with Gasteiger partial charge in [0.2, 0.25) is 0 Å². The highest BCUT2D eigenvalue weighted by molar-refractivity contribution is 9.41. The van der Waals surface area contributed by atoms with Gasteiger partial charge in [0, 0.05) is 5.75 Å². The van der Waals surface area contributed by atoms with Crippen LogP contribution in [0.4, 0.5) is 0 Å². The molecule has 0 fully saturated rings. The minimum atomic E-state index is -2.03. The quantitative estimate of drug-likeness (QED) is 0.0912. The molecule has 124 valence electrons. The van der Waals surface area contributed by atoms with Crippen LogP contribution in [-0.4, -0.2) is 24.9 Å². The summed E-state index contributed by atoms with van der Waals surface area (Å²) in [5.41, 5.74) is 0. The molecule has 0 atom stereocenters. The highest BCUT2D eigenvalue weighted by Crippen LogP contribution is 2.49. The van der Waals surface area contributed by atoms with Crippen LogP contribution in [0.2, 0.25) is 0 Å². The zero-order valence-electron chi connectivity index (χ0n) is 11.6. The van der Waals surface area contributed by atoms with Gasteiger partial charge >= 0.3 is 8.60 Å². The Hall–Kier alpha value is 2.33. The predicted octanol–water partition coefficient (Wildman–Crippen LogP) is 6.10. The number of thiol groups is 1. The molecule has 1 N–H and O–H groups in total. The fourth-order valence-electron chi connectivity index (χ4n) is 0.805. The average molecular weight is 421 g/mol. The highest BCUT2D eigenvalue weighted by atomic mass is 33.9. The number of hydrogen-bond donors (Lipinski definition) is 2. The van der Waals surface area contributed by atoms with Gasteiger partial charge in [-0.3, -0.25) is 0 Å². The molecule has 0 saturated carbocycles. The lowest BCUT2D eigenvalue weighted by molar-refractivity contribution is -0.242. The van der Waals surface area contributed by atoms with Crippen LogP contribution < -0.4 is 0 Å². The summed E-state index contributed by atoms with van der Waals surface area (Å²) in [5, 5.41) is 0. The minimum Gasteiger partial charge on any atom is -0.325 e. The molecule has 0 aliphatic carbocycles. The Balaban J connectivity index is 0. The number of unbranched alkanes of at least 4 members (excludes halogenated alkanes) is 3. The molecular formula is C8H21O5PS6. The second kappa shape index (κ2) is 23.6. The molecule has 0 unspecified atom stereocenters. The maximum Gasteiger partial charge on any atom is 0.389 e. The van der Waals surface area contributed by atoms with Crippen LogP contribution in [0.1, 0.15) is 32.6 Å². The SMILES string of the molecule is CCCCCCSSSSSS.COOP(O)OOC. The van der Waals surface area contributed by atoms with Crippen LogP contribution >= 0.6 is 70.4 Å². The van der Waals surface area contributed by atoms with Crippen molar-refractivity contribution < 1.29 is 24.0 Å². The van der Waals surface area contributed by atoms with Gasteiger partial charge in [-0.2, -0.15) is 9.35 Å². The fourth-order valence-corrected chi connectivity index (χ4v) is 9.97. The predicted molar refractivity (Wildman–Crippen MR) is 101 cm³/mol. The van der Waals surface area contributed by atoms with Gasteiger partial charge in [-0.05, 0) is 45.7 Å². The van der Waals surface area contributed by atoms with Crippen LogP contribution in [0, 0.1) is 0 Å². The number of rotatable bonds is 13. The van der Waals surface area contributed by atoms with Crippen LogP contribution in [0.25, 0.3) is 0 Å². The Bertz CT molecular complexity index is 158. The van der Waals surface area contributed by atoms with E-state index in [1.807, 2.05) is 20.6 Å². The zero-order valence-corrected chi connectivity index (χ0v) is 17.4. The molecule has 0 radical (unpaired) electrons. The monoisotopic (exact) mass is 420 g/mol. The largest absolute Gasteiger partial charge is 0.389 e. The Morgan fingerprint density at radius 1 is 1.00 bits per heavy atom. The van der Waals surface area contributed by atoms with Gasteiger partial charge in [-0.1, -0.05) is 48.6 Å². The summed E-state index contributed by atoms with van der Waals surface area (Å²) in [6.07, 6.45) is 5.48. The van der Waals surface area contributed by atoms with E-state index in [1.165, 1.54) is 55.5 Å². The van der Waals surface area contributed by atoms with E-state index in [-0.39, 0.29) is 0 Å². The molecule has 20 heavy (non-hydrogen) atoms. The molecule has 0 aromatic carbocycles. The molecule has 0 aromatic rings. The van der Waals surface area contributed by atoms with Crippen molar-refractivity contribution in [1.29, 1.82) is 0 Å². The smallest absolute Gasteiger partial charge is 0.325 e. The first kappa shape index (κ1) is 24.6. The summed E-state index contributed by atoms with van der Waals surface area (Å²) in [6, 6.07) is 0. The second-order valence-electron chi connectivity index (χ2n) is 2.88. The normalized spacial score (nSPS) is 10.5.